The molecule has 3 nitrogen and oxygen atoms in total. The lowest BCUT2D eigenvalue weighted by Gasteiger charge is -2.17. The molecule has 0 saturated carbocycles. The molecule has 1 heterocycles. The van der Waals surface area contributed by atoms with Gasteiger partial charge in [0.2, 0.25) is 0 Å². The highest BCUT2D eigenvalue weighted by Gasteiger charge is 2.23. The van der Waals surface area contributed by atoms with Crippen molar-refractivity contribution in [3.63, 3.8) is 0 Å². The summed E-state index contributed by atoms with van der Waals surface area (Å²) in [5.74, 6) is 0. The predicted octanol–water partition coefficient (Wildman–Crippen LogP) is 3.84. The van der Waals surface area contributed by atoms with Gasteiger partial charge < -0.3 is 10.1 Å². The highest BCUT2D eigenvalue weighted by Crippen LogP contribution is 2.34. The van der Waals surface area contributed by atoms with Gasteiger partial charge in [0.05, 0.1) is 12.3 Å². The molecule has 0 radical (unpaired) electrons. The van der Waals surface area contributed by atoms with E-state index in [9.17, 15) is 0 Å². The van der Waals surface area contributed by atoms with Crippen LogP contribution in [0.25, 0.3) is 10.6 Å². The lowest BCUT2D eigenvalue weighted by atomic mass is 9.91. The first-order valence-electron chi connectivity index (χ1n) is 7.27. The Morgan fingerprint density at radius 1 is 1.19 bits per heavy atom. The Kier molecular flexibility index (Phi) is 5.51. The zero-order valence-electron chi connectivity index (χ0n) is 13.3. The lowest BCUT2D eigenvalue weighted by molar-refractivity contribution is 0.199. The summed E-state index contributed by atoms with van der Waals surface area (Å²) in [4.78, 5) is 6.21. The molecule has 0 spiro atoms. The van der Waals surface area contributed by atoms with Gasteiger partial charge in [-0.05, 0) is 0 Å². The van der Waals surface area contributed by atoms with E-state index in [0.29, 0.717) is 0 Å². The fraction of sp³-hybridized carbons (Fsp3) is 0.471. The second-order valence-corrected chi connectivity index (χ2v) is 7.16. The van der Waals surface area contributed by atoms with Crippen LogP contribution < -0.4 is 5.32 Å². The largest absolute Gasteiger partial charge is 0.383 e. The van der Waals surface area contributed by atoms with E-state index in [1.54, 1.807) is 18.4 Å². The molecule has 1 aromatic heterocycles. The molecular formula is C17H24N2OS. The van der Waals surface area contributed by atoms with Crippen LogP contribution in [0, 0.1) is 0 Å². The number of benzene rings is 1. The highest BCUT2D eigenvalue weighted by atomic mass is 32.1. The van der Waals surface area contributed by atoms with Crippen molar-refractivity contribution in [1.82, 2.24) is 10.3 Å². The van der Waals surface area contributed by atoms with Crippen molar-refractivity contribution in [2.75, 3.05) is 20.3 Å². The van der Waals surface area contributed by atoms with Gasteiger partial charge in [-0.25, -0.2) is 4.98 Å². The number of hydrogen-bond donors (Lipinski definition) is 1. The Labute approximate surface area is 131 Å². The van der Waals surface area contributed by atoms with E-state index < -0.39 is 0 Å². The van der Waals surface area contributed by atoms with Crippen LogP contribution in [-0.4, -0.2) is 25.2 Å². The van der Waals surface area contributed by atoms with Gasteiger partial charge in [0.25, 0.3) is 0 Å². The molecule has 0 bridgehead atoms. The van der Waals surface area contributed by atoms with Crippen LogP contribution in [0.15, 0.2) is 30.3 Å². The Balaban J connectivity index is 2.23. The van der Waals surface area contributed by atoms with Crippen molar-refractivity contribution < 1.29 is 4.74 Å². The summed E-state index contributed by atoms with van der Waals surface area (Å²) in [6.07, 6.45) is 0. The minimum atomic E-state index is 0.0573. The van der Waals surface area contributed by atoms with Crippen molar-refractivity contribution >= 4 is 11.3 Å². The molecule has 1 aromatic carbocycles. The normalized spacial score (nSPS) is 11.8. The predicted molar refractivity (Wildman–Crippen MR) is 89.8 cm³/mol. The van der Waals surface area contributed by atoms with Crippen LogP contribution in [0.1, 0.15) is 31.3 Å². The summed E-state index contributed by atoms with van der Waals surface area (Å²) in [6, 6.07) is 10.4. The van der Waals surface area contributed by atoms with Crippen molar-refractivity contribution in [3.8, 4) is 10.6 Å². The maximum atomic E-state index is 5.08. The number of thiazole rings is 1. The lowest BCUT2D eigenvalue weighted by Crippen LogP contribution is -2.21. The quantitative estimate of drug-likeness (QED) is 0.823. The molecule has 0 aliphatic carbocycles. The van der Waals surface area contributed by atoms with E-state index in [-0.39, 0.29) is 5.41 Å². The second-order valence-electron chi connectivity index (χ2n) is 6.08. The van der Waals surface area contributed by atoms with Crippen LogP contribution in [0.2, 0.25) is 0 Å². The average Bonchev–Trinajstić information content (AvgIpc) is 2.89. The zero-order valence-corrected chi connectivity index (χ0v) is 14.1. The number of ether oxygens (including phenoxy) is 1. The number of nitrogens with zero attached hydrogens (tertiary/aromatic N) is 1. The number of nitrogens with one attached hydrogen (secondary N) is 1. The molecule has 0 unspecified atom stereocenters. The standard InChI is InChI=1S/C17H24N2OS/c1-17(2,3)15-14(12-18-10-11-20-4)21-16(19-15)13-8-6-5-7-9-13/h5-9,18H,10-12H2,1-4H3. The van der Waals surface area contributed by atoms with E-state index in [0.717, 1.165) is 24.7 Å². The summed E-state index contributed by atoms with van der Waals surface area (Å²) in [7, 11) is 1.72. The summed E-state index contributed by atoms with van der Waals surface area (Å²) >= 11 is 1.78. The van der Waals surface area contributed by atoms with E-state index in [4.69, 9.17) is 9.72 Å². The monoisotopic (exact) mass is 304 g/mol. The van der Waals surface area contributed by atoms with Gasteiger partial charge in [-0.3, -0.25) is 0 Å². The number of aromatic nitrogens is 1. The molecule has 114 valence electrons. The van der Waals surface area contributed by atoms with Gasteiger partial charge in [0.1, 0.15) is 5.01 Å². The first-order chi connectivity index (χ1) is 10.0. The SMILES string of the molecule is COCCNCc1sc(-c2ccccc2)nc1C(C)(C)C. The smallest absolute Gasteiger partial charge is 0.123 e. The van der Waals surface area contributed by atoms with E-state index in [1.165, 1.54) is 16.1 Å². The molecule has 2 rings (SSSR count). The summed E-state index contributed by atoms with van der Waals surface area (Å²) < 4.78 is 5.08. The molecular weight excluding hydrogens is 280 g/mol. The minimum absolute atomic E-state index is 0.0573. The first-order valence-corrected chi connectivity index (χ1v) is 8.09. The van der Waals surface area contributed by atoms with Gasteiger partial charge in [0, 0.05) is 36.1 Å². The Bertz CT molecular complexity index is 558. The van der Waals surface area contributed by atoms with E-state index >= 15 is 0 Å². The van der Waals surface area contributed by atoms with Crippen molar-refractivity contribution in [2.24, 2.45) is 0 Å². The van der Waals surface area contributed by atoms with E-state index in [1.807, 2.05) is 6.07 Å². The van der Waals surface area contributed by atoms with Crippen molar-refractivity contribution in [3.05, 3.63) is 40.9 Å². The van der Waals surface area contributed by atoms with Gasteiger partial charge in [-0.15, -0.1) is 11.3 Å². The van der Waals surface area contributed by atoms with Gasteiger partial charge >= 0.3 is 0 Å². The Morgan fingerprint density at radius 3 is 2.52 bits per heavy atom. The van der Waals surface area contributed by atoms with Crippen molar-refractivity contribution in [1.29, 1.82) is 0 Å². The van der Waals surface area contributed by atoms with Crippen LogP contribution in [0.5, 0.6) is 0 Å². The summed E-state index contributed by atoms with van der Waals surface area (Å²) in [5, 5.41) is 4.53. The minimum Gasteiger partial charge on any atom is -0.383 e. The molecule has 0 aliphatic heterocycles. The summed E-state index contributed by atoms with van der Waals surface area (Å²) in [5.41, 5.74) is 2.44. The average molecular weight is 304 g/mol. The third-order valence-corrected chi connectivity index (χ3v) is 4.30. The molecule has 21 heavy (non-hydrogen) atoms. The van der Waals surface area contributed by atoms with Crippen LogP contribution >= 0.6 is 11.3 Å². The van der Waals surface area contributed by atoms with Crippen molar-refractivity contribution in [2.45, 2.75) is 32.7 Å². The third kappa shape index (κ3) is 4.37. The number of methoxy groups -OCH3 is 1. The molecule has 0 fully saturated rings. The molecule has 0 amide bonds. The number of hydrogen-bond acceptors (Lipinski definition) is 4. The molecule has 4 heteroatoms. The third-order valence-electron chi connectivity index (χ3n) is 3.20. The van der Waals surface area contributed by atoms with Crippen LogP contribution in [0.4, 0.5) is 0 Å². The second kappa shape index (κ2) is 7.16. The molecule has 0 aliphatic rings. The summed E-state index contributed by atoms with van der Waals surface area (Å²) in [6.45, 7) is 9.09. The zero-order chi connectivity index (χ0) is 15.3. The Morgan fingerprint density at radius 2 is 1.90 bits per heavy atom. The molecule has 0 atom stereocenters. The number of rotatable bonds is 6. The maximum absolute atomic E-state index is 5.08. The van der Waals surface area contributed by atoms with Crippen LogP contribution in [0.3, 0.4) is 0 Å². The fourth-order valence-electron chi connectivity index (χ4n) is 2.14. The topological polar surface area (TPSA) is 34.1 Å². The molecule has 1 N–H and O–H groups in total. The van der Waals surface area contributed by atoms with Gasteiger partial charge in [0.15, 0.2) is 0 Å². The van der Waals surface area contributed by atoms with Gasteiger partial charge in [-0.1, -0.05) is 51.1 Å². The van der Waals surface area contributed by atoms with Crippen LogP contribution in [-0.2, 0) is 16.7 Å². The first kappa shape index (κ1) is 16.1. The van der Waals surface area contributed by atoms with E-state index in [2.05, 4.69) is 50.4 Å². The molecule has 0 saturated heterocycles. The Hall–Kier alpha value is -1.23. The molecule has 2 aromatic rings. The fourth-order valence-corrected chi connectivity index (χ4v) is 3.38. The maximum Gasteiger partial charge on any atom is 0.123 e. The highest BCUT2D eigenvalue weighted by molar-refractivity contribution is 7.15. The van der Waals surface area contributed by atoms with Gasteiger partial charge in [-0.2, -0.15) is 0 Å².